The van der Waals surface area contributed by atoms with E-state index in [1.54, 1.807) is 13.2 Å². The first-order valence-corrected chi connectivity index (χ1v) is 10.6. The van der Waals surface area contributed by atoms with E-state index in [2.05, 4.69) is 46.8 Å². The molecule has 0 aliphatic rings. The SMILES string of the molecule is CC(C)Cc1nn(C)c(=O)c2c(Sc3ccccn3)n(Cc3ccccc3)cc12. The van der Waals surface area contributed by atoms with Gasteiger partial charge in [-0.2, -0.15) is 5.10 Å². The summed E-state index contributed by atoms with van der Waals surface area (Å²) in [6.45, 7) is 5.03. The third-order valence-electron chi connectivity index (χ3n) is 4.75. The van der Waals surface area contributed by atoms with Crippen molar-refractivity contribution in [3.8, 4) is 0 Å². The minimum absolute atomic E-state index is 0.0715. The lowest BCUT2D eigenvalue weighted by molar-refractivity contribution is 0.605. The van der Waals surface area contributed by atoms with Crippen molar-refractivity contribution < 1.29 is 0 Å². The Morgan fingerprint density at radius 2 is 1.83 bits per heavy atom. The second kappa shape index (κ2) is 8.25. The number of fused-ring (bicyclic) bond motifs is 1. The van der Waals surface area contributed by atoms with Crippen LogP contribution in [0.3, 0.4) is 0 Å². The number of hydrogen-bond donors (Lipinski definition) is 0. The van der Waals surface area contributed by atoms with Crippen LogP contribution in [0.25, 0.3) is 10.8 Å². The van der Waals surface area contributed by atoms with Gasteiger partial charge in [-0.25, -0.2) is 9.67 Å². The zero-order valence-corrected chi connectivity index (χ0v) is 17.7. The van der Waals surface area contributed by atoms with Gasteiger partial charge < -0.3 is 4.57 Å². The molecule has 0 aliphatic carbocycles. The number of benzene rings is 1. The maximum absolute atomic E-state index is 13.1. The lowest BCUT2D eigenvalue weighted by Crippen LogP contribution is -2.21. The van der Waals surface area contributed by atoms with E-state index in [0.29, 0.717) is 12.5 Å². The Balaban J connectivity index is 1.93. The van der Waals surface area contributed by atoms with E-state index in [0.717, 1.165) is 32.9 Å². The molecule has 1 aromatic carbocycles. The van der Waals surface area contributed by atoms with Gasteiger partial charge in [0.2, 0.25) is 0 Å². The lowest BCUT2D eigenvalue weighted by Gasteiger charge is -2.09. The van der Waals surface area contributed by atoms with E-state index in [9.17, 15) is 4.79 Å². The van der Waals surface area contributed by atoms with Gasteiger partial charge in [0.1, 0.15) is 5.03 Å². The molecule has 0 saturated carbocycles. The van der Waals surface area contributed by atoms with Crippen LogP contribution >= 0.6 is 11.8 Å². The van der Waals surface area contributed by atoms with Crippen molar-refractivity contribution in [1.82, 2.24) is 19.3 Å². The second-order valence-electron chi connectivity index (χ2n) is 7.58. The molecule has 0 N–H and O–H groups in total. The largest absolute Gasteiger partial charge is 0.337 e. The van der Waals surface area contributed by atoms with Gasteiger partial charge in [-0.05, 0) is 30.0 Å². The highest BCUT2D eigenvalue weighted by Crippen LogP contribution is 2.34. The summed E-state index contributed by atoms with van der Waals surface area (Å²) in [5.41, 5.74) is 2.08. The first kappa shape index (κ1) is 19.5. The topological polar surface area (TPSA) is 52.7 Å². The summed E-state index contributed by atoms with van der Waals surface area (Å²) in [6, 6.07) is 16.1. The quantitative estimate of drug-likeness (QED) is 0.474. The summed E-state index contributed by atoms with van der Waals surface area (Å²) in [5, 5.41) is 8.02. The van der Waals surface area contributed by atoms with Crippen molar-refractivity contribution in [3.05, 3.63) is 82.5 Å². The van der Waals surface area contributed by atoms with Gasteiger partial charge in [-0.3, -0.25) is 4.79 Å². The van der Waals surface area contributed by atoms with Crippen molar-refractivity contribution in [1.29, 1.82) is 0 Å². The Hall–Kier alpha value is -2.86. The molecule has 0 fully saturated rings. The van der Waals surface area contributed by atoms with Crippen LogP contribution in [-0.2, 0) is 20.0 Å². The number of aromatic nitrogens is 4. The predicted molar refractivity (Wildman–Crippen MR) is 117 cm³/mol. The minimum atomic E-state index is -0.0715. The van der Waals surface area contributed by atoms with Crippen molar-refractivity contribution in [2.24, 2.45) is 13.0 Å². The molecule has 29 heavy (non-hydrogen) atoms. The number of aryl methyl sites for hydroxylation is 1. The molecule has 0 amide bonds. The van der Waals surface area contributed by atoms with Crippen molar-refractivity contribution >= 4 is 22.5 Å². The molecular formula is C23H24N4OS. The normalized spacial score (nSPS) is 11.4. The Morgan fingerprint density at radius 1 is 1.07 bits per heavy atom. The molecule has 148 valence electrons. The molecule has 3 heterocycles. The third-order valence-corrected chi connectivity index (χ3v) is 5.84. The summed E-state index contributed by atoms with van der Waals surface area (Å²) in [7, 11) is 1.73. The molecule has 0 bridgehead atoms. The standard InChI is InChI=1S/C23H24N4OS/c1-16(2)13-19-18-15-27(14-17-9-5-4-6-10-17)23(21(18)22(28)26(3)25-19)29-20-11-7-8-12-24-20/h4-12,15-16H,13-14H2,1-3H3. The van der Waals surface area contributed by atoms with Gasteiger partial charge in [0, 0.05) is 31.4 Å². The zero-order chi connectivity index (χ0) is 20.4. The highest BCUT2D eigenvalue weighted by Gasteiger charge is 2.20. The molecule has 0 unspecified atom stereocenters. The third kappa shape index (κ3) is 4.12. The Kier molecular flexibility index (Phi) is 5.53. The van der Waals surface area contributed by atoms with Crippen molar-refractivity contribution in [3.63, 3.8) is 0 Å². The van der Waals surface area contributed by atoms with Crippen LogP contribution in [0, 0.1) is 5.92 Å². The number of rotatable bonds is 6. The molecule has 0 spiro atoms. The number of pyridine rings is 1. The van der Waals surface area contributed by atoms with E-state index in [-0.39, 0.29) is 5.56 Å². The Labute approximate surface area is 174 Å². The number of nitrogens with zero attached hydrogens (tertiary/aromatic N) is 4. The van der Waals surface area contributed by atoms with Gasteiger partial charge in [-0.15, -0.1) is 0 Å². The minimum Gasteiger partial charge on any atom is -0.337 e. The lowest BCUT2D eigenvalue weighted by atomic mass is 10.1. The average Bonchev–Trinajstić information content (AvgIpc) is 3.05. The maximum Gasteiger partial charge on any atom is 0.277 e. The molecule has 5 nitrogen and oxygen atoms in total. The fourth-order valence-electron chi connectivity index (χ4n) is 3.46. The summed E-state index contributed by atoms with van der Waals surface area (Å²) in [6.07, 6.45) is 4.69. The van der Waals surface area contributed by atoms with E-state index in [1.807, 2.05) is 36.4 Å². The predicted octanol–water partition coefficient (Wildman–Crippen LogP) is 4.53. The van der Waals surface area contributed by atoms with Crippen molar-refractivity contribution in [2.75, 3.05) is 0 Å². The Bertz CT molecular complexity index is 1180. The average molecular weight is 405 g/mol. The van der Waals surface area contributed by atoms with Crippen LogP contribution in [0.1, 0.15) is 25.1 Å². The molecule has 0 atom stereocenters. The molecule has 4 aromatic rings. The zero-order valence-electron chi connectivity index (χ0n) is 16.9. The first-order valence-electron chi connectivity index (χ1n) is 9.74. The van der Waals surface area contributed by atoms with Gasteiger partial charge >= 0.3 is 0 Å². The van der Waals surface area contributed by atoms with E-state index >= 15 is 0 Å². The van der Waals surface area contributed by atoms with Crippen LogP contribution in [0.2, 0.25) is 0 Å². The fourth-order valence-corrected chi connectivity index (χ4v) is 4.45. The van der Waals surface area contributed by atoms with Crippen LogP contribution in [0.4, 0.5) is 0 Å². The molecule has 0 saturated heterocycles. The smallest absolute Gasteiger partial charge is 0.277 e. The molecule has 0 radical (unpaired) electrons. The van der Waals surface area contributed by atoms with Crippen LogP contribution in [0.5, 0.6) is 0 Å². The molecule has 6 heteroatoms. The maximum atomic E-state index is 13.1. The van der Waals surface area contributed by atoms with Crippen LogP contribution in [-0.4, -0.2) is 19.3 Å². The van der Waals surface area contributed by atoms with Crippen molar-refractivity contribution in [2.45, 2.75) is 36.9 Å². The molecular weight excluding hydrogens is 380 g/mol. The molecule has 3 aromatic heterocycles. The summed E-state index contributed by atoms with van der Waals surface area (Å²) in [5.74, 6) is 0.451. The van der Waals surface area contributed by atoms with Crippen LogP contribution < -0.4 is 5.56 Å². The molecule has 4 rings (SSSR count). The van der Waals surface area contributed by atoms with E-state index in [4.69, 9.17) is 0 Å². The molecule has 0 aliphatic heterocycles. The highest BCUT2D eigenvalue weighted by atomic mass is 32.2. The number of hydrogen-bond acceptors (Lipinski definition) is 4. The van der Waals surface area contributed by atoms with Gasteiger partial charge in [0.25, 0.3) is 5.56 Å². The van der Waals surface area contributed by atoms with Gasteiger partial charge in [0.15, 0.2) is 0 Å². The first-order chi connectivity index (χ1) is 14.0. The van der Waals surface area contributed by atoms with Crippen LogP contribution in [0.15, 0.2) is 75.8 Å². The Morgan fingerprint density at radius 3 is 2.52 bits per heavy atom. The van der Waals surface area contributed by atoms with E-state index < -0.39 is 0 Å². The summed E-state index contributed by atoms with van der Waals surface area (Å²) >= 11 is 1.53. The summed E-state index contributed by atoms with van der Waals surface area (Å²) in [4.78, 5) is 17.6. The summed E-state index contributed by atoms with van der Waals surface area (Å²) < 4.78 is 3.63. The highest BCUT2D eigenvalue weighted by molar-refractivity contribution is 7.99. The second-order valence-corrected chi connectivity index (χ2v) is 8.59. The van der Waals surface area contributed by atoms with Gasteiger partial charge in [-0.1, -0.05) is 62.0 Å². The van der Waals surface area contributed by atoms with E-state index in [1.165, 1.54) is 22.0 Å². The fraction of sp³-hybridized carbons (Fsp3) is 0.261. The monoisotopic (exact) mass is 404 g/mol. The van der Waals surface area contributed by atoms with Gasteiger partial charge in [0.05, 0.1) is 16.1 Å².